The van der Waals surface area contributed by atoms with Gasteiger partial charge in [-0.05, 0) is 6.42 Å². The Bertz CT molecular complexity index is 93.6. The largest absolute Gasteiger partial charge is 0.233 e. The molecule has 0 aromatic carbocycles. The maximum absolute atomic E-state index is 9.76. The third kappa shape index (κ3) is 3.50. The van der Waals surface area contributed by atoms with Crippen LogP contribution in [0.4, 0.5) is 0 Å². The molecule has 0 aromatic rings. The summed E-state index contributed by atoms with van der Waals surface area (Å²) in [6.45, 7) is 4.11. The molecule has 0 fully saturated rings. The Labute approximate surface area is 64.7 Å². The molecule has 0 amide bonds. The zero-order valence-electron chi connectivity index (χ0n) is 7.46. The van der Waals surface area contributed by atoms with Crippen molar-refractivity contribution in [3.8, 4) is 0 Å². The molecule has 0 spiro atoms. The summed E-state index contributed by atoms with van der Waals surface area (Å²) in [5, 5.41) is 0. The van der Waals surface area contributed by atoms with Crippen LogP contribution in [0, 0.1) is 0 Å². The topological polar surface area (TPSA) is 23.5 Å². The van der Waals surface area contributed by atoms with E-state index < -0.39 is 7.64 Å². The van der Waals surface area contributed by atoms with E-state index in [4.69, 9.17) is 0 Å². The van der Waals surface area contributed by atoms with Crippen molar-refractivity contribution in [2.75, 3.05) is 26.9 Å². The van der Waals surface area contributed by atoms with E-state index in [1.807, 2.05) is 25.4 Å². The van der Waals surface area contributed by atoms with Crippen molar-refractivity contribution in [3.05, 3.63) is 0 Å². The van der Waals surface area contributed by atoms with E-state index >= 15 is 0 Å². The van der Waals surface area contributed by atoms with Crippen LogP contribution in [0.25, 0.3) is 0 Å². The zero-order valence-corrected chi connectivity index (χ0v) is 8.36. The monoisotopic (exact) mass is 164 g/mol. The van der Waals surface area contributed by atoms with Crippen LogP contribution in [0.3, 0.4) is 0 Å². The van der Waals surface area contributed by atoms with Gasteiger partial charge in [0.05, 0.1) is 6.66 Å². The van der Waals surface area contributed by atoms with E-state index in [9.17, 15) is 4.89 Å². The first-order chi connectivity index (χ1) is 4.50. The van der Waals surface area contributed by atoms with Crippen LogP contribution >= 0.6 is 7.64 Å². The maximum atomic E-state index is 9.76. The summed E-state index contributed by atoms with van der Waals surface area (Å²) in [7, 11) is 2.20. The van der Waals surface area contributed by atoms with Crippen LogP contribution in [0.15, 0.2) is 0 Å². The fourth-order valence-electron chi connectivity index (χ4n) is 0.658. The van der Waals surface area contributed by atoms with E-state index in [0.717, 1.165) is 12.6 Å². The summed E-state index contributed by atoms with van der Waals surface area (Å²) in [5.74, 6) is 0. The molecule has 0 saturated carbocycles. The molecule has 3 heteroatoms. The standard InChI is InChI=1S/C7H19NOP/c1-5-6-7-10(4,9)8(2)3/h9H,5-7H2,1-4H3/q+1. The molecule has 2 nitrogen and oxygen atoms in total. The number of hydrogen-bond acceptors (Lipinski definition) is 2. The van der Waals surface area contributed by atoms with Crippen molar-refractivity contribution in [2.45, 2.75) is 19.8 Å². The lowest BCUT2D eigenvalue weighted by Gasteiger charge is -2.20. The molecule has 0 bridgehead atoms. The molecule has 10 heavy (non-hydrogen) atoms. The minimum absolute atomic E-state index is 0.969. The first-order valence-corrected chi connectivity index (χ1v) is 6.09. The molecule has 1 atom stereocenters. The highest BCUT2D eigenvalue weighted by Crippen LogP contribution is 2.52. The van der Waals surface area contributed by atoms with Gasteiger partial charge in [-0.15, -0.1) is 0 Å². The minimum atomic E-state index is -1.70. The Kier molecular flexibility index (Phi) is 4.42. The van der Waals surface area contributed by atoms with E-state index in [-0.39, 0.29) is 0 Å². The highest BCUT2D eigenvalue weighted by molar-refractivity contribution is 7.67. The third-order valence-electron chi connectivity index (χ3n) is 1.80. The lowest BCUT2D eigenvalue weighted by molar-refractivity contribution is 0.501. The molecular formula is C7H19NOP+. The highest BCUT2D eigenvalue weighted by Gasteiger charge is 2.30. The molecule has 0 saturated heterocycles. The van der Waals surface area contributed by atoms with Gasteiger partial charge in [0.15, 0.2) is 0 Å². The normalized spacial score (nSPS) is 17.4. The predicted octanol–water partition coefficient (Wildman–Crippen LogP) is 1.82. The van der Waals surface area contributed by atoms with Crippen LogP contribution in [-0.2, 0) is 0 Å². The summed E-state index contributed by atoms with van der Waals surface area (Å²) in [4.78, 5) is 9.76. The summed E-state index contributed by atoms with van der Waals surface area (Å²) >= 11 is 0. The van der Waals surface area contributed by atoms with E-state index in [2.05, 4.69) is 6.92 Å². The molecule has 0 rings (SSSR count). The molecule has 1 unspecified atom stereocenters. The second-order valence-corrected chi connectivity index (χ2v) is 6.44. The van der Waals surface area contributed by atoms with Gasteiger partial charge in [-0.1, -0.05) is 13.3 Å². The summed E-state index contributed by atoms with van der Waals surface area (Å²) in [6.07, 6.45) is 3.28. The van der Waals surface area contributed by atoms with Crippen LogP contribution in [0.5, 0.6) is 0 Å². The molecule has 0 aliphatic carbocycles. The fraction of sp³-hybridized carbons (Fsp3) is 1.00. The van der Waals surface area contributed by atoms with Crippen molar-refractivity contribution in [3.63, 3.8) is 0 Å². The van der Waals surface area contributed by atoms with Gasteiger partial charge in [0.2, 0.25) is 7.64 Å². The van der Waals surface area contributed by atoms with E-state index in [1.54, 1.807) is 0 Å². The lowest BCUT2D eigenvalue weighted by atomic mass is 10.4. The van der Waals surface area contributed by atoms with Gasteiger partial charge in [0.1, 0.15) is 6.16 Å². The molecule has 0 aliphatic rings. The van der Waals surface area contributed by atoms with Gasteiger partial charge in [-0.2, -0.15) is 4.67 Å². The Morgan fingerprint density at radius 1 is 1.40 bits per heavy atom. The van der Waals surface area contributed by atoms with Crippen molar-refractivity contribution >= 4 is 7.64 Å². The highest BCUT2D eigenvalue weighted by atomic mass is 31.2. The molecule has 0 aromatic heterocycles. The quantitative estimate of drug-likeness (QED) is 0.640. The third-order valence-corrected chi connectivity index (χ3v) is 4.68. The van der Waals surface area contributed by atoms with Crippen LogP contribution in [0.1, 0.15) is 19.8 Å². The van der Waals surface area contributed by atoms with Gasteiger partial charge >= 0.3 is 0 Å². The van der Waals surface area contributed by atoms with Gasteiger partial charge in [-0.25, -0.2) is 4.89 Å². The van der Waals surface area contributed by atoms with Crippen molar-refractivity contribution in [2.24, 2.45) is 0 Å². The Morgan fingerprint density at radius 2 is 1.90 bits per heavy atom. The number of rotatable bonds is 4. The van der Waals surface area contributed by atoms with E-state index in [0.29, 0.717) is 0 Å². The van der Waals surface area contributed by atoms with Gasteiger partial charge in [0, 0.05) is 14.1 Å². The van der Waals surface area contributed by atoms with Crippen molar-refractivity contribution in [1.82, 2.24) is 4.67 Å². The smallest absolute Gasteiger partial charge is 0.208 e. The number of unbranched alkanes of at least 4 members (excludes halogenated alkanes) is 1. The Morgan fingerprint density at radius 3 is 2.20 bits per heavy atom. The van der Waals surface area contributed by atoms with Gasteiger partial charge in [0.25, 0.3) is 0 Å². The molecule has 62 valence electrons. The number of hydrogen-bond donors (Lipinski definition) is 1. The summed E-state index contributed by atoms with van der Waals surface area (Å²) < 4.78 is 1.96. The zero-order chi connectivity index (χ0) is 8.20. The molecule has 0 heterocycles. The minimum Gasteiger partial charge on any atom is -0.233 e. The van der Waals surface area contributed by atoms with E-state index in [1.165, 1.54) is 6.42 Å². The molecule has 0 aliphatic heterocycles. The number of nitrogens with zero attached hydrogens (tertiary/aromatic N) is 1. The fourth-order valence-corrected chi connectivity index (χ4v) is 1.97. The first-order valence-electron chi connectivity index (χ1n) is 3.76. The summed E-state index contributed by atoms with van der Waals surface area (Å²) in [5.41, 5.74) is 0. The average molecular weight is 164 g/mol. The molecule has 0 radical (unpaired) electrons. The van der Waals surface area contributed by atoms with Crippen molar-refractivity contribution < 1.29 is 4.89 Å². The Balaban J connectivity index is 3.63. The second kappa shape index (κ2) is 4.27. The Hall–Kier alpha value is 0.350. The maximum Gasteiger partial charge on any atom is 0.208 e. The second-order valence-electron chi connectivity index (χ2n) is 3.01. The average Bonchev–Trinajstić information content (AvgIpc) is 1.84. The molecular weight excluding hydrogens is 145 g/mol. The summed E-state index contributed by atoms with van der Waals surface area (Å²) in [6, 6.07) is 0. The molecule has 1 N–H and O–H groups in total. The SMILES string of the molecule is CCCC[P+](C)(O)N(C)C. The van der Waals surface area contributed by atoms with Crippen LogP contribution in [-0.4, -0.2) is 36.5 Å². The van der Waals surface area contributed by atoms with Gasteiger partial charge in [-0.3, -0.25) is 0 Å². The van der Waals surface area contributed by atoms with Crippen LogP contribution in [0.2, 0.25) is 0 Å². The predicted molar refractivity (Wildman–Crippen MR) is 48.5 cm³/mol. The first kappa shape index (κ1) is 10.3. The van der Waals surface area contributed by atoms with Crippen LogP contribution < -0.4 is 0 Å². The lowest BCUT2D eigenvalue weighted by Crippen LogP contribution is -2.15. The van der Waals surface area contributed by atoms with Crippen molar-refractivity contribution in [1.29, 1.82) is 0 Å². The van der Waals surface area contributed by atoms with Gasteiger partial charge < -0.3 is 0 Å².